The molecule has 0 aliphatic rings. The summed E-state index contributed by atoms with van der Waals surface area (Å²) < 4.78 is 0.932. The van der Waals surface area contributed by atoms with Gasteiger partial charge in [-0.3, -0.25) is 10.1 Å². The van der Waals surface area contributed by atoms with Gasteiger partial charge in [0.15, 0.2) is 5.13 Å². The van der Waals surface area contributed by atoms with Crippen molar-refractivity contribution in [3.63, 3.8) is 0 Å². The van der Waals surface area contributed by atoms with E-state index in [1.54, 1.807) is 30.3 Å². The molecule has 20 heavy (non-hydrogen) atoms. The maximum atomic E-state index is 12.0. The maximum absolute atomic E-state index is 12.0. The number of carbonyl (C=O) groups is 1. The number of halogens is 1. The van der Waals surface area contributed by atoms with E-state index in [2.05, 4.69) is 10.3 Å². The monoisotopic (exact) mass is 304 g/mol. The minimum absolute atomic E-state index is 0.0610. The number of hydrogen-bond donors (Lipinski definition) is 2. The van der Waals surface area contributed by atoms with E-state index in [0.717, 1.165) is 10.2 Å². The van der Waals surface area contributed by atoms with Gasteiger partial charge in [-0.05, 0) is 30.3 Å². The number of carbonyl (C=O) groups excluding carboxylic acids is 1. The third-order valence-electron chi connectivity index (χ3n) is 2.72. The molecule has 100 valence electrons. The lowest BCUT2D eigenvalue weighted by atomic mass is 10.2. The Hall–Kier alpha value is -2.11. The molecule has 0 aliphatic carbocycles. The topological polar surface area (TPSA) is 62.2 Å². The van der Waals surface area contributed by atoms with Crippen LogP contribution in [0.15, 0.2) is 42.5 Å². The zero-order chi connectivity index (χ0) is 14.1. The number of para-hydroxylation sites is 1. The average Bonchev–Trinajstić information content (AvgIpc) is 2.80. The molecule has 0 aliphatic heterocycles. The predicted octanol–water partition coefficient (Wildman–Crippen LogP) is 3.91. The molecule has 3 aromatic rings. The number of rotatable bonds is 2. The van der Waals surface area contributed by atoms with Crippen molar-refractivity contribution >= 4 is 44.2 Å². The lowest BCUT2D eigenvalue weighted by molar-refractivity contribution is 0.102. The van der Waals surface area contributed by atoms with E-state index in [4.69, 9.17) is 11.6 Å². The van der Waals surface area contributed by atoms with Crippen molar-refractivity contribution in [3.05, 3.63) is 53.1 Å². The summed E-state index contributed by atoms with van der Waals surface area (Å²) in [6, 6.07) is 11.7. The van der Waals surface area contributed by atoms with Gasteiger partial charge in [0.25, 0.3) is 5.91 Å². The predicted molar refractivity (Wildman–Crippen MR) is 80.7 cm³/mol. The fourth-order valence-corrected chi connectivity index (χ4v) is 2.79. The Morgan fingerprint density at radius 1 is 1.25 bits per heavy atom. The highest BCUT2D eigenvalue weighted by atomic mass is 35.5. The van der Waals surface area contributed by atoms with Gasteiger partial charge in [0.05, 0.1) is 15.8 Å². The quantitative estimate of drug-likeness (QED) is 0.754. The number of thiazole rings is 1. The van der Waals surface area contributed by atoms with Crippen molar-refractivity contribution in [2.24, 2.45) is 0 Å². The number of aromatic nitrogens is 1. The van der Waals surface area contributed by atoms with Crippen LogP contribution in [0.4, 0.5) is 5.13 Å². The van der Waals surface area contributed by atoms with Crippen molar-refractivity contribution < 1.29 is 9.90 Å². The van der Waals surface area contributed by atoms with Gasteiger partial charge >= 0.3 is 0 Å². The van der Waals surface area contributed by atoms with E-state index in [1.165, 1.54) is 17.4 Å². The van der Waals surface area contributed by atoms with Gasteiger partial charge in [0.1, 0.15) is 5.75 Å². The molecule has 1 heterocycles. The Bertz CT molecular complexity index is 801. The van der Waals surface area contributed by atoms with Crippen molar-refractivity contribution in [3.8, 4) is 5.75 Å². The van der Waals surface area contributed by atoms with Crippen molar-refractivity contribution in [2.75, 3.05) is 5.32 Å². The number of benzene rings is 2. The molecule has 0 bridgehead atoms. The first-order valence-electron chi connectivity index (χ1n) is 5.79. The van der Waals surface area contributed by atoms with Crippen molar-refractivity contribution in [1.82, 2.24) is 4.98 Å². The van der Waals surface area contributed by atoms with Crippen molar-refractivity contribution in [1.29, 1.82) is 0 Å². The van der Waals surface area contributed by atoms with Crippen LogP contribution in [0.2, 0.25) is 5.02 Å². The van der Waals surface area contributed by atoms with Gasteiger partial charge in [-0.1, -0.05) is 35.1 Å². The largest absolute Gasteiger partial charge is 0.507 e. The molecular formula is C14H9ClN2O2S. The first-order valence-corrected chi connectivity index (χ1v) is 6.98. The third kappa shape index (κ3) is 2.45. The zero-order valence-corrected chi connectivity index (χ0v) is 11.7. The Kier molecular flexibility index (Phi) is 3.30. The Morgan fingerprint density at radius 3 is 2.85 bits per heavy atom. The molecule has 0 saturated carbocycles. The Labute approximate surface area is 123 Å². The van der Waals surface area contributed by atoms with Gasteiger partial charge in [0.2, 0.25) is 0 Å². The fraction of sp³-hybridized carbons (Fsp3) is 0. The van der Waals surface area contributed by atoms with E-state index in [-0.39, 0.29) is 11.3 Å². The number of anilines is 1. The molecule has 2 aromatic carbocycles. The third-order valence-corrected chi connectivity index (χ3v) is 3.91. The summed E-state index contributed by atoms with van der Waals surface area (Å²) >= 11 is 7.25. The van der Waals surface area contributed by atoms with Gasteiger partial charge in [-0.25, -0.2) is 4.98 Å². The van der Waals surface area contributed by atoms with Crippen LogP contribution in [0.25, 0.3) is 10.2 Å². The number of amides is 1. The fourth-order valence-electron chi connectivity index (χ4n) is 1.78. The smallest absolute Gasteiger partial charge is 0.261 e. The Morgan fingerprint density at radius 2 is 2.05 bits per heavy atom. The molecule has 1 aromatic heterocycles. The van der Waals surface area contributed by atoms with Crippen LogP contribution in [0.3, 0.4) is 0 Å². The van der Waals surface area contributed by atoms with Gasteiger partial charge in [-0.15, -0.1) is 0 Å². The molecule has 6 heteroatoms. The summed E-state index contributed by atoms with van der Waals surface area (Å²) in [7, 11) is 0. The molecular weight excluding hydrogens is 296 g/mol. The summed E-state index contributed by atoms with van der Waals surface area (Å²) in [6.07, 6.45) is 0. The first kappa shape index (κ1) is 12.9. The normalized spacial score (nSPS) is 10.7. The standard InChI is InChI=1S/C14H9ClN2O2S/c15-8-5-6-12-10(7-8)16-14(20-12)17-13(19)9-3-1-2-4-11(9)18/h1-7,18H,(H,16,17,19). The van der Waals surface area contributed by atoms with Crippen LogP contribution in [0.5, 0.6) is 5.75 Å². The minimum Gasteiger partial charge on any atom is -0.507 e. The molecule has 4 nitrogen and oxygen atoms in total. The molecule has 1 amide bonds. The summed E-state index contributed by atoms with van der Waals surface area (Å²) in [5.41, 5.74) is 0.944. The van der Waals surface area contributed by atoms with E-state index >= 15 is 0 Å². The highest BCUT2D eigenvalue weighted by molar-refractivity contribution is 7.22. The van der Waals surface area contributed by atoms with E-state index in [0.29, 0.717) is 10.2 Å². The molecule has 0 saturated heterocycles. The first-order chi connectivity index (χ1) is 9.63. The summed E-state index contributed by atoms with van der Waals surface area (Å²) in [5, 5.41) is 13.4. The number of nitrogens with one attached hydrogen (secondary N) is 1. The molecule has 2 N–H and O–H groups in total. The van der Waals surface area contributed by atoms with E-state index < -0.39 is 5.91 Å². The van der Waals surface area contributed by atoms with E-state index in [9.17, 15) is 9.90 Å². The number of phenols is 1. The summed E-state index contributed by atoms with van der Waals surface area (Å²) in [5.74, 6) is -0.456. The maximum Gasteiger partial charge on any atom is 0.261 e. The van der Waals surface area contributed by atoms with Crippen LogP contribution in [-0.4, -0.2) is 16.0 Å². The number of fused-ring (bicyclic) bond motifs is 1. The average molecular weight is 305 g/mol. The molecule has 0 unspecified atom stereocenters. The van der Waals surface area contributed by atoms with Crippen molar-refractivity contribution in [2.45, 2.75) is 0 Å². The van der Waals surface area contributed by atoms with Crippen LogP contribution in [-0.2, 0) is 0 Å². The molecule has 0 radical (unpaired) electrons. The minimum atomic E-state index is -0.395. The molecule has 0 fully saturated rings. The number of nitrogens with zero attached hydrogens (tertiary/aromatic N) is 1. The van der Waals surface area contributed by atoms with Gasteiger partial charge in [0, 0.05) is 5.02 Å². The number of aromatic hydroxyl groups is 1. The van der Waals surface area contributed by atoms with Crippen LogP contribution < -0.4 is 5.32 Å². The van der Waals surface area contributed by atoms with Crippen LogP contribution in [0, 0.1) is 0 Å². The second kappa shape index (κ2) is 5.11. The zero-order valence-electron chi connectivity index (χ0n) is 10.1. The highest BCUT2D eigenvalue weighted by Gasteiger charge is 2.13. The van der Waals surface area contributed by atoms with Crippen LogP contribution >= 0.6 is 22.9 Å². The second-order valence-corrected chi connectivity index (χ2v) is 5.57. The number of phenolic OH excluding ortho intramolecular Hbond substituents is 1. The van der Waals surface area contributed by atoms with E-state index in [1.807, 2.05) is 6.07 Å². The lowest BCUT2D eigenvalue weighted by Crippen LogP contribution is -2.11. The van der Waals surface area contributed by atoms with Gasteiger partial charge in [-0.2, -0.15) is 0 Å². The summed E-state index contributed by atoms with van der Waals surface area (Å²) in [6.45, 7) is 0. The second-order valence-electron chi connectivity index (χ2n) is 4.10. The SMILES string of the molecule is O=C(Nc1nc2cc(Cl)ccc2s1)c1ccccc1O. The lowest BCUT2D eigenvalue weighted by Gasteiger charge is -2.03. The van der Waals surface area contributed by atoms with Crippen LogP contribution in [0.1, 0.15) is 10.4 Å². The highest BCUT2D eigenvalue weighted by Crippen LogP contribution is 2.28. The molecule has 0 spiro atoms. The molecule has 3 rings (SSSR count). The number of hydrogen-bond acceptors (Lipinski definition) is 4. The Balaban J connectivity index is 1.89. The summed E-state index contributed by atoms with van der Waals surface area (Å²) in [4.78, 5) is 16.3. The molecule has 0 atom stereocenters. The van der Waals surface area contributed by atoms with Gasteiger partial charge < -0.3 is 5.11 Å².